The number of benzene rings is 1. The zero-order valence-electron chi connectivity index (χ0n) is 11.0. The number of aliphatic carboxylic acids is 1. The molecule has 0 unspecified atom stereocenters. The number of carbonyl (C=O) groups is 1. The van der Waals surface area contributed by atoms with Crippen molar-refractivity contribution in [2.45, 2.75) is 32.6 Å². The Hall–Kier alpha value is -2.10. The highest BCUT2D eigenvalue weighted by Crippen LogP contribution is 2.18. The minimum atomic E-state index is -0.917. The van der Waals surface area contributed by atoms with E-state index in [2.05, 4.69) is 11.9 Å². The molecule has 1 heterocycles. The molecule has 1 aromatic carbocycles. The number of aromatic nitrogens is 2. The Morgan fingerprint density at radius 1 is 1.37 bits per heavy atom. The van der Waals surface area contributed by atoms with Gasteiger partial charge in [-0.15, -0.1) is 0 Å². The Morgan fingerprint density at radius 2 is 2.16 bits per heavy atom. The third kappa shape index (κ3) is 3.02. The average molecular weight is 258 g/mol. The fourth-order valence-electron chi connectivity index (χ4n) is 2.07. The van der Waals surface area contributed by atoms with E-state index in [0.717, 1.165) is 36.7 Å². The number of nitrogens with zero attached hydrogens (tertiary/aromatic N) is 2. The summed E-state index contributed by atoms with van der Waals surface area (Å²) in [6, 6.07) is 7.54. The van der Waals surface area contributed by atoms with E-state index < -0.39 is 5.97 Å². The Kier molecular flexibility index (Phi) is 4.34. The smallest absolute Gasteiger partial charge is 0.352 e. The van der Waals surface area contributed by atoms with Crippen LogP contribution in [-0.2, 0) is 4.79 Å². The highest BCUT2D eigenvalue weighted by atomic mass is 16.4. The maximum Gasteiger partial charge on any atom is 0.352 e. The Balaban J connectivity index is 2.31. The standard InChI is InChI=1S/C15H18N2O2/c1-2-3-4-5-10-14(15(18)19)17-11-16-12-8-6-7-9-13(12)17/h6-11H,2-5H2,1H3,(H,18,19)/b14-10-. The van der Waals surface area contributed by atoms with Gasteiger partial charge in [0.25, 0.3) is 0 Å². The van der Waals surface area contributed by atoms with E-state index in [0.29, 0.717) is 0 Å². The molecule has 1 N–H and O–H groups in total. The van der Waals surface area contributed by atoms with E-state index >= 15 is 0 Å². The Bertz CT molecular complexity index is 599. The van der Waals surface area contributed by atoms with Crippen molar-refractivity contribution in [3.8, 4) is 0 Å². The molecule has 0 saturated carbocycles. The highest BCUT2D eigenvalue weighted by molar-refractivity contribution is 6.10. The first kappa shape index (κ1) is 13.3. The van der Waals surface area contributed by atoms with Crippen LogP contribution in [-0.4, -0.2) is 20.6 Å². The quantitative estimate of drug-likeness (QED) is 0.637. The van der Waals surface area contributed by atoms with Crippen LogP contribution in [0, 0.1) is 0 Å². The van der Waals surface area contributed by atoms with Crippen molar-refractivity contribution in [1.82, 2.24) is 9.55 Å². The van der Waals surface area contributed by atoms with Crippen LogP contribution in [0.3, 0.4) is 0 Å². The second-order valence-corrected chi connectivity index (χ2v) is 4.49. The van der Waals surface area contributed by atoms with Crippen molar-refractivity contribution in [2.75, 3.05) is 0 Å². The summed E-state index contributed by atoms with van der Waals surface area (Å²) < 4.78 is 1.64. The normalized spacial score (nSPS) is 11.9. The van der Waals surface area contributed by atoms with Crippen molar-refractivity contribution in [1.29, 1.82) is 0 Å². The fourth-order valence-corrected chi connectivity index (χ4v) is 2.07. The van der Waals surface area contributed by atoms with Gasteiger partial charge in [0.15, 0.2) is 0 Å². The van der Waals surface area contributed by atoms with Gasteiger partial charge in [0.1, 0.15) is 12.0 Å². The number of hydrogen-bond donors (Lipinski definition) is 1. The van der Waals surface area contributed by atoms with Crippen molar-refractivity contribution in [3.05, 3.63) is 36.7 Å². The predicted molar refractivity (Wildman–Crippen MR) is 75.8 cm³/mol. The lowest BCUT2D eigenvalue weighted by Crippen LogP contribution is -2.06. The SMILES string of the molecule is CCCCC/C=C(/C(=O)O)n1cnc2ccccc21. The monoisotopic (exact) mass is 258 g/mol. The van der Waals surface area contributed by atoms with Crippen molar-refractivity contribution in [3.63, 3.8) is 0 Å². The number of carboxylic acid groups (broad SMARTS) is 1. The molecule has 19 heavy (non-hydrogen) atoms. The molecule has 0 bridgehead atoms. The minimum Gasteiger partial charge on any atom is -0.477 e. The molecule has 0 radical (unpaired) electrons. The molecular weight excluding hydrogens is 240 g/mol. The number of hydrogen-bond acceptors (Lipinski definition) is 2. The first-order chi connectivity index (χ1) is 9.24. The van der Waals surface area contributed by atoms with Crippen LogP contribution in [0.2, 0.25) is 0 Å². The first-order valence-electron chi connectivity index (χ1n) is 6.60. The molecule has 0 aliphatic heterocycles. The zero-order valence-corrected chi connectivity index (χ0v) is 11.0. The van der Waals surface area contributed by atoms with E-state index in [1.54, 1.807) is 17.0 Å². The third-order valence-electron chi connectivity index (χ3n) is 3.08. The lowest BCUT2D eigenvalue weighted by Gasteiger charge is -2.05. The maximum atomic E-state index is 11.4. The van der Waals surface area contributed by atoms with E-state index in [9.17, 15) is 9.90 Å². The van der Waals surface area contributed by atoms with E-state index in [1.165, 1.54) is 0 Å². The number of imidazole rings is 1. The van der Waals surface area contributed by atoms with Gasteiger partial charge in [-0.2, -0.15) is 0 Å². The third-order valence-corrected chi connectivity index (χ3v) is 3.08. The molecule has 2 rings (SSSR count). The largest absolute Gasteiger partial charge is 0.477 e. The summed E-state index contributed by atoms with van der Waals surface area (Å²) in [4.78, 5) is 15.6. The van der Waals surface area contributed by atoms with Gasteiger partial charge < -0.3 is 5.11 Å². The molecule has 4 nitrogen and oxygen atoms in total. The number of rotatable bonds is 6. The highest BCUT2D eigenvalue weighted by Gasteiger charge is 2.12. The summed E-state index contributed by atoms with van der Waals surface area (Å²) >= 11 is 0. The second kappa shape index (κ2) is 6.18. The van der Waals surface area contributed by atoms with Crippen molar-refractivity contribution >= 4 is 22.7 Å². The molecule has 0 spiro atoms. The molecule has 100 valence electrons. The summed E-state index contributed by atoms with van der Waals surface area (Å²) in [7, 11) is 0. The summed E-state index contributed by atoms with van der Waals surface area (Å²) in [5.74, 6) is -0.917. The van der Waals surface area contributed by atoms with Gasteiger partial charge in [0, 0.05) is 0 Å². The fraction of sp³-hybridized carbons (Fsp3) is 0.333. The van der Waals surface area contributed by atoms with Crippen LogP contribution >= 0.6 is 0 Å². The van der Waals surface area contributed by atoms with Crippen LogP contribution in [0.25, 0.3) is 16.7 Å². The van der Waals surface area contributed by atoms with Crippen LogP contribution in [0.1, 0.15) is 32.6 Å². The molecule has 1 aromatic heterocycles. The zero-order chi connectivity index (χ0) is 13.7. The molecule has 0 amide bonds. The molecule has 0 fully saturated rings. The van der Waals surface area contributed by atoms with Crippen molar-refractivity contribution in [2.24, 2.45) is 0 Å². The maximum absolute atomic E-state index is 11.4. The second-order valence-electron chi connectivity index (χ2n) is 4.49. The van der Waals surface area contributed by atoms with E-state index in [1.807, 2.05) is 24.3 Å². The Morgan fingerprint density at radius 3 is 2.89 bits per heavy atom. The van der Waals surface area contributed by atoms with Gasteiger partial charge in [-0.1, -0.05) is 38.0 Å². The van der Waals surface area contributed by atoms with E-state index in [-0.39, 0.29) is 5.70 Å². The van der Waals surface area contributed by atoms with E-state index in [4.69, 9.17) is 0 Å². The van der Waals surface area contributed by atoms with Gasteiger partial charge in [0.05, 0.1) is 11.0 Å². The van der Waals surface area contributed by atoms with Gasteiger partial charge in [-0.25, -0.2) is 9.78 Å². The summed E-state index contributed by atoms with van der Waals surface area (Å²) in [5.41, 5.74) is 1.92. The molecule has 4 heteroatoms. The Labute approximate surface area is 112 Å². The average Bonchev–Trinajstić information content (AvgIpc) is 2.82. The van der Waals surface area contributed by atoms with Gasteiger partial charge >= 0.3 is 5.97 Å². The summed E-state index contributed by atoms with van der Waals surface area (Å²) in [5, 5.41) is 9.34. The molecule has 0 aliphatic carbocycles. The lowest BCUT2D eigenvalue weighted by atomic mass is 10.2. The number of carboxylic acids is 1. The lowest BCUT2D eigenvalue weighted by molar-refractivity contribution is -0.130. The molecule has 0 aliphatic rings. The van der Waals surface area contributed by atoms with Crippen LogP contribution < -0.4 is 0 Å². The molecule has 0 saturated heterocycles. The number of fused-ring (bicyclic) bond motifs is 1. The van der Waals surface area contributed by atoms with Gasteiger partial charge in [-0.05, 0) is 25.0 Å². The van der Waals surface area contributed by atoms with Gasteiger partial charge in [0.2, 0.25) is 0 Å². The minimum absolute atomic E-state index is 0.282. The van der Waals surface area contributed by atoms with Crippen LogP contribution in [0.15, 0.2) is 36.7 Å². The van der Waals surface area contributed by atoms with Crippen molar-refractivity contribution < 1.29 is 9.90 Å². The number of allylic oxidation sites excluding steroid dienone is 1. The summed E-state index contributed by atoms with van der Waals surface area (Å²) in [6.45, 7) is 2.13. The number of unbranched alkanes of at least 4 members (excludes halogenated alkanes) is 3. The predicted octanol–water partition coefficient (Wildman–Crippen LogP) is 3.54. The van der Waals surface area contributed by atoms with Crippen LogP contribution in [0.4, 0.5) is 0 Å². The summed E-state index contributed by atoms with van der Waals surface area (Å²) in [6.07, 6.45) is 7.40. The molecule has 0 atom stereocenters. The van der Waals surface area contributed by atoms with Gasteiger partial charge in [-0.3, -0.25) is 4.57 Å². The topological polar surface area (TPSA) is 55.1 Å². The van der Waals surface area contributed by atoms with Crippen LogP contribution in [0.5, 0.6) is 0 Å². The molecular formula is C15H18N2O2. The number of para-hydroxylation sites is 2. The first-order valence-corrected chi connectivity index (χ1v) is 6.60. The molecule has 2 aromatic rings.